The van der Waals surface area contributed by atoms with Crippen molar-refractivity contribution in [2.24, 2.45) is 0 Å². The fraction of sp³-hybridized carbons (Fsp3) is 0.231. The van der Waals surface area contributed by atoms with E-state index < -0.39 is 0 Å². The Morgan fingerprint density at radius 2 is 2.24 bits per heavy atom. The zero-order valence-corrected chi connectivity index (χ0v) is 10.5. The summed E-state index contributed by atoms with van der Waals surface area (Å²) in [5.41, 5.74) is 1.49. The van der Waals surface area contributed by atoms with E-state index in [0.29, 0.717) is 5.56 Å². The number of pyridine rings is 1. The maximum Gasteiger partial charge on any atom is 0.121 e. The summed E-state index contributed by atoms with van der Waals surface area (Å²) in [5, 5.41) is 10.8. The number of fused-ring (bicyclic) bond motifs is 1. The van der Waals surface area contributed by atoms with Crippen molar-refractivity contribution in [1.29, 1.82) is 5.26 Å². The van der Waals surface area contributed by atoms with Gasteiger partial charge in [0.15, 0.2) is 0 Å². The molecule has 0 atom stereocenters. The second-order valence-corrected chi connectivity index (χ2v) is 4.70. The molecule has 1 aromatic carbocycles. The molecule has 3 nitrogen and oxygen atoms in total. The topological polar surface area (TPSA) is 45.9 Å². The average Bonchev–Trinajstić information content (AvgIpc) is 2.37. The first kappa shape index (κ1) is 11.7. The third-order valence-electron chi connectivity index (χ3n) is 2.39. The standard InChI is InChI=1S/C13H12N2OS/c1-3-17-13-10(8-14)6-9-4-5-11(16-2)7-12(9)15-13/h4-7H,3H2,1-2H3. The molecule has 4 heteroatoms. The molecule has 0 aliphatic rings. The summed E-state index contributed by atoms with van der Waals surface area (Å²) in [6, 6.07) is 9.74. The SMILES string of the molecule is CCSc1nc2cc(OC)ccc2cc1C#N. The monoisotopic (exact) mass is 244 g/mol. The van der Waals surface area contributed by atoms with Crippen molar-refractivity contribution in [3.05, 3.63) is 29.8 Å². The van der Waals surface area contributed by atoms with Crippen molar-refractivity contribution in [2.75, 3.05) is 12.9 Å². The molecule has 17 heavy (non-hydrogen) atoms. The summed E-state index contributed by atoms with van der Waals surface area (Å²) in [6.45, 7) is 2.04. The van der Waals surface area contributed by atoms with Gasteiger partial charge in [-0.25, -0.2) is 4.98 Å². The molecule has 2 rings (SSSR count). The summed E-state index contributed by atoms with van der Waals surface area (Å²) in [6.07, 6.45) is 0. The van der Waals surface area contributed by atoms with E-state index in [-0.39, 0.29) is 0 Å². The molecule has 0 saturated carbocycles. The Labute approximate surface area is 104 Å². The molecule has 0 aliphatic carbocycles. The first-order valence-corrected chi connectivity index (χ1v) is 6.28. The fourth-order valence-electron chi connectivity index (χ4n) is 1.58. The van der Waals surface area contributed by atoms with E-state index in [1.807, 2.05) is 31.2 Å². The number of nitrogens with zero attached hydrogens (tertiary/aromatic N) is 2. The molecule has 0 unspecified atom stereocenters. The minimum absolute atomic E-state index is 0.634. The van der Waals surface area contributed by atoms with Gasteiger partial charge in [0.25, 0.3) is 0 Å². The molecule has 0 N–H and O–H groups in total. The molecule has 0 bridgehead atoms. The summed E-state index contributed by atoms with van der Waals surface area (Å²) in [4.78, 5) is 4.50. The smallest absolute Gasteiger partial charge is 0.121 e. The number of aromatic nitrogens is 1. The van der Waals surface area contributed by atoms with Gasteiger partial charge >= 0.3 is 0 Å². The van der Waals surface area contributed by atoms with Crippen LogP contribution in [0.4, 0.5) is 0 Å². The predicted octanol–water partition coefficient (Wildman–Crippen LogP) is 3.23. The molecule has 86 valence electrons. The first-order chi connectivity index (χ1) is 8.28. The molecule has 0 aliphatic heterocycles. The van der Waals surface area contributed by atoms with Gasteiger partial charge in [0.05, 0.1) is 18.2 Å². The van der Waals surface area contributed by atoms with Gasteiger partial charge in [0.1, 0.15) is 16.8 Å². The van der Waals surface area contributed by atoms with E-state index in [0.717, 1.165) is 27.4 Å². The average molecular weight is 244 g/mol. The third-order valence-corrected chi connectivity index (χ3v) is 3.26. The molecule has 2 aromatic rings. The number of nitriles is 1. The second-order valence-electron chi connectivity index (χ2n) is 3.44. The summed E-state index contributed by atoms with van der Waals surface area (Å²) >= 11 is 1.58. The lowest BCUT2D eigenvalue weighted by Gasteiger charge is -2.05. The first-order valence-electron chi connectivity index (χ1n) is 5.30. The van der Waals surface area contributed by atoms with Crippen LogP contribution in [0.1, 0.15) is 12.5 Å². The van der Waals surface area contributed by atoms with E-state index in [9.17, 15) is 0 Å². The molecule has 1 aromatic heterocycles. The van der Waals surface area contributed by atoms with Crippen molar-refractivity contribution < 1.29 is 4.74 Å². The minimum Gasteiger partial charge on any atom is -0.497 e. The molecular weight excluding hydrogens is 232 g/mol. The Balaban J connectivity index is 2.62. The molecular formula is C13H12N2OS. The maximum atomic E-state index is 9.08. The van der Waals surface area contributed by atoms with Crippen LogP contribution in [0.2, 0.25) is 0 Å². The Bertz CT molecular complexity index is 590. The summed E-state index contributed by atoms with van der Waals surface area (Å²) in [7, 11) is 1.63. The quantitative estimate of drug-likeness (QED) is 0.778. The van der Waals surface area contributed by atoms with Gasteiger partial charge in [-0.15, -0.1) is 11.8 Å². The number of thioether (sulfide) groups is 1. The van der Waals surface area contributed by atoms with Crippen molar-refractivity contribution in [3.8, 4) is 11.8 Å². The van der Waals surface area contributed by atoms with Crippen LogP contribution < -0.4 is 4.74 Å². The van der Waals surface area contributed by atoms with Crippen molar-refractivity contribution in [3.63, 3.8) is 0 Å². The molecule has 0 amide bonds. The number of rotatable bonds is 3. The van der Waals surface area contributed by atoms with Crippen LogP contribution in [0.15, 0.2) is 29.3 Å². The van der Waals surface area contributed by atoms with Crippen LogP contribution >= 0.6 is 11.8 Å². The van der Waals surface area contributed by atoms with E-state index in [1.165, 1.54) is 0 Å². The van der Waals surface area contributed by atoms with Crippen molar-refractivity contribution >= 4 is 22.7 Å². The highest BCUT2D eigenvalue weighted by molar-refractivity contribution is 7.99. The second kappa shape index (κ2) is 5.07. The van der Waals surface area contributed by atoms with E-state index in [1.54, 1.807) is 18.9 Å². The fourth-order valence-corrected chi connectivity index (χ4v) is 2.28. The summed E-state index contributed by atoms with van der Waals surface area (Å²) in [5.74, 6) is 1.68. The number of benzene rings is 1. The van der Waals surface area contributed by atoms with Crippen LogP contribution in [0.5, 0.6) is 5.75 Å². The number of methoxy groups -OCH3 is 1. The highest BCUT2D eigenvalue weighted by Gasteiger charge is 2.07. The summed E-state index contributed by atoms with van der Waals surface area (Å²) < 4.78 is 5.17. The molecule has 0 fully saturated rings. The van der Waals surface area contributed by atoms with Gasteiger partial charge in [-0.1, -0.05) is 6.92 Å². The normalized spacial score (nSPS) is 10.2. The highest BCUT2D eigenvalue weighted by Crippen LogP contribution is 2.26. The number of hydrogen-bond acceptors (Lipinski definition) is 4. The predicted molar refractivity (Wildman–Crippen MR) is 69.4 cm³/mol. The van der Waals surface area contributed by atoms with Gasteiger partial charge in [-0.3, -0.25) is 0 Å². The maximum absolute atomic E-state index is 9.08. The zero-order chi connectivity index (χ0) is 12.3. The molecule has 0 spiro atoms. The van der Waals surface area contributed by atoms with Gasteiger partial charge in [-0.05, 0) is 24.0 Å². The van der Waals surface area contributed by atoms with Crippen LogP contribution in [0.25, 0.3) is 10.9 Å². The van der Waals surface area contributed by atoms with Crippen LogP contribution in [-0.4, -0.2) is 17.8 Å². The molecule has 0 radical (unpaired) electrons. The Hall–Kier alpha value is -1.73. The van der Waals surface area contributed by atoms with Crippen molar-refractivity contribution in [1.82, 2.24) is 4.98 Å². The third kappa shape index (κ3) is 2.34. The molecule has 0 saturated heterocycles. The Morgan fingerprint density at radius 3 is 2.88 bits per heavy atom. The van der Waals surface area contributed by atoms with Gasteiger partial charge < -0.3 is 4.74 Å². The lowest BCUT2D eigenvalue weighted by atomic mass is 10.1. The number of ether oxygens (including phenoxy) is 1. The highest BCUT2D eigenvalue weighted by atomic mass is 32.2. The van der Waals surface area contributed by atoms with Gasteiger partial charge in [0.2, 0.25) is 0 Å². The van der Waals surface area contributed by atoms with E-state index in [2.05, 4.69) is 11.1 Å². The zero-order valence-electron chi connectivity index (χ0n) is 9.73. The number of hydrogen-bond donors (Lipinski definition) is 0. The Kier molecular flexibility index (Phi) is 3.50. The lowest BCUT2D eigenvalue weighted by molar-refractivity contribution is 0.415. The van der Waals surface area contributed by atoms with Crippen molar-refractivity contribution in [2.45, 2.75) is 11.9 Å². The van der Waals surface area contributed by atoms with Gasteiger partial charge in [0, 0.05) is 11.5 Å². The van der Waals surface area contributed by atoms with Gasteiger partial charge in [-0.2, -0.15) is 5.26 Å². The van der Waals surface area contributed by atoms with E-state index in [4.69, 9.17) is 10.00 Å². The lowest BCUT2D eigenvalue weighted by Crippen LogP contribution is -1.90. The Morgan fingerprint density at radius 1 is 1.41 bits per heavy atom. The molecule has 1 heterocycles. The minimum atomic E-state index is 0.634. The van der Waals surface area contributed by atoms with Crippen LogP contribution in [-0.2, 0) is 0 Å². The van der Waals surface area contributed by atoms with Crippen LogP contribution in [0.3, 0.4) is 0 Å². The van der Waals surface area contributed by atoms with E-state index >= 15 is 0 Å². The largest absolute Gasteiger partial charge is 0.497 e. The van der Waals surface area contributed by atoms with Crippen LogP contribution in [0, 0.1) is 11.3 Å².